The normalized spacial score (nSPS) is 18.2. The molecule has 0 bridgehead atoms. The number of anilines is 1. The molecule has 12 heteroatoms. The average Bonchev–Trinajstić information content (AvgIpc) is 3.44. The van der Waals surface area contributed by atoms with E-state index in [1.165, 1.54) is 34.8 Å². The maximum Gasteiger partial charge on any atom is 0.284 e. The molecular formula is C30H32N4O6S2. The number of fused-ring (bicyclic) bond motifs is 2. The molecule has 5 rings (SSSR count). The van der Waals surface area contributed by atoms with Crippen LogP contribution in [0.4, 0.5) is 5.69 Å². The van der Waals surface area contributed by atoms with Crippen molar-refractivity contribution in [1.29, 1.82) is 0 Å². The number of nitrogens with one attached hydrogen (secondary N) is 1. The summed E-state index contributed by atoms with van der Waals surface area (Å²) in [7, 11) is -2.34. The van der Waals surface area contributed by atoms with Gasteiger partial charge in [-0.1, -0.05) is 43.3 Å². The van der Waals surface area contributed by atoms with Gasteiger partial charge in [0.25, 0.3) is 11.8 Å². The number of sulfonamides is 1. The third-order valence-electron chi connectivity index (χ3n) is 7.32. The topological polar surface area (TPSA) is 129 Å². The summed E-state index contributed by atoms with van der Waals surface area (Å²) >= 11 is 1.25. The van der Waals surface area contributed by atoms with Crippen LogP contribution in [0.3, 0.4) is 0 Å². The summed E-state index contributed by atoms with van der Waals surface area (Å²) in [6, 6.07) is 19.9. The molecular weight excluding hydrogens is 576 g/mol. The van der Waals surface area contributed by atoms with E-state index < -0.39 is 28.1 Å². The minimum atomic E-state index is -3.83. The van der Waals surface area contributed by atoms with Crippen LogP contribution < -0.4 is 10.1 Å². The average molecular weight is 609 g/mol. The largest absolute Gasteiger partial charge is 0.486 e. The third-order valence-corrected chi connectivity index (χ3v) is 10.2. The lowest BCUT2D eigenvalue weighted by atomic mass is 9.99. The van der Waals surface area contributed by atoms with Gasteiger partial charge in [0, 0.05) is 19.5 Å². The first-order valence-corrected chi connectivity index (χ1v) is 15.8. The molecule has 3 atom stereocenters. The van der Waals surface area contributed by atoms with E-state index in [1.807, 2.05) is 31.2 Å². The molecule has 1 aliphatic rings. The summed E-state index contributed by atoms with van der Waals surface area (Å²) in [5.41, 5.74) is 1.16. The molecule has 0 radical (unpaired) electrons. The number of aromatic nitrogens is 1. The van der Waals surface area contributed by atoms with Crippen molar-refractivity contribution in [2.75, 3.05) is 32.1 Å². The number of amides is 2. The van der Waals surface area contributed by atoms with Crippen molar-refractivity contribution in [2.45, 2.75) is 30.9 Å². The lowest BCUT2D eigenvalue weighted by molar-refractivity contribution is 0.0388. The Morgan fingerprint density at radius 1 is 1.14 bits per heavy atom. The van der Waals surface area contributed by atoms with Crippen molar-refractivity contribution < 1.29 is 27.9 Å². The molecule has 1 aromatic heterocycles. The number of rotatable bonds is 8. The molecule has 2 N–H and O–H groups in total. The van der Waals surface area contributed by atoms with Crippen LogP contribution in [0.2, 0.25) is 0 Å². The molecule has 4 aromatic rings. The summed E-state index contributed by atoms with van der Waals surface area (Å²) in [5, 5.41) is 13.0. The summed E-state index contributed by atoms with van der Waals surface area (Å²) in [6.07, 6.45) is -0.700. The summed E-state index contributed by atoms with van der Waals surface area (Å²) < 4.78 is 35.2. The van der Waals surface area contributed by atoms with Crippen LogP contribution in [0, 0.1) is 5.92 Å². The molecule has 0 saturated heterocycles. The number of aliphatic hydroxyl groups is 1. The minimum Gasteiger partial charge on any atom is -0.486 e. The third kappa shape index (κ3) is 5.88. The Hall–Kier alpha value is -3.84. The molecule has 3 aromatic carbocycles. The minimum absolute atomic E-state index is 0.0203. The number of hydrogen-bond acceptors (Lipinski definition) is 8. The van der Waals surface area contributed by atoms with Crippen LogP contribution in [0.5, 0.6) is 5.75 Å². The Kier molecular flexibility index (Phi) is 8.60. The highest BCUT2D eigenvalue weighted by molar-refractivity contribution is 7.89. The maximum absolute atomic E-state index is 13.7. The van der Waals surface area contributed by atoms with Gasteiger partial charge in [-0.05, 0) is 43.3 Å². The molecule has 0 saturated carbocycles. The number of ether oxygens (including phenoxy) is 1. The lowest BCUT2D eigenvalue weighted by Gasteiger charge is -2.38. The van der Waals surface area contributed by atoms with Gasteiger partial charge in [-0.3, -0.25) is 9.59 Å². The fourth-order valence-electron chi connectivity index (χ4n) is 4.83. The summed E-state index contributed by atoms with van der Waals surface area (Å²) in [4.78, 5) is 33.2. The Bertz CT molecular complexity index is 1680. The van der Waals surface area contributed by atoms with E-state index in [2.05, 4.69) is 10.3 Å². The van der Waals surface area contributed by atoms with Gasteiger partial charge >= 0.3 is 0 Å². The van der Waals surface area contributed by atoms with Crippen molar-refractivity contribution >= 4 is 49.1 Å². The molecule has 2 heterocycles. The van der Waals surface area contributed by atoms with Crippen LogP contribution in [0.25, 0.3) is 10.2 Å². The highest BCUT2D eigenvalue weighted by Crippen LogP contribution is 2.36. The first kappa shape index (κ1) is 29.6. The molecule has 220 valence electrons. The smallest absolute Gasteiger partial charge is 0.284 e. The Labute approximate surface area is 248 Å². The van der Waals surface area contributed by atoms with E-state index in [0.717, 1.165) is 4.70 Å². The van der Waals surface area contributed by atoms with E-state index in [-0.39, 0.29) is 58.4 Å². The van der Waals surface area contributed by atoms with Gasteiger partial charge in [0.2, 0.25) is 10.0 Å². The van der Waals surface area contributed by atoms with Gasteiger partial charge in [0.1, 0.15) is 6.10 Å². The van der Waals surface area contributed by atoms with E-state index in [4.69, 9.17) is 4.74 Å². The van der Waals surface area contributed by atoms with Crippen LogP contribution in [0.15, 0.2) is 77.7 Å². The monoisotopic (exact) mass is 608 g/mol. The molecule has 0 spiro atoms. The van der Waals surface area contributed by atoms with Crippen molar-refractivity contribution in [1.82, 2.24) is 14.2 Å². The lowest BCUT2D eigenvalue weighted by Crippen LogP contribution is -2.50. The fraction of sp³-hybridized carbons (Fsp3) is 0.300. The van der Waals surface area contributed by atoms with E-state index in [9.17, 15) is 23.1 Å². The van der Waals surface area contributed by atoms with Crippen molar-refractivity contribution in [3.8, 4) is 5.75 Å². The molecule has 2 amide bonds. The van der Waals surface area contributed by atoms with Crippen molar-refractivity contribution in [3.63, 3.8) is 0 Å². The molecule has 0 fully saturated rings. The van der Waals surface area contributed by atoms with Gasteiger partial charge in [-0.25, -0.2) is 13.4 Å². The Balaban J connectivity index is 1.51. The van der Waals surface area contributed by atoms with Crippen LogP contribution in [0.1, 0.15) is 34.0 Å². The summed E-state index contributed by atoms with van der Waals surface area (Å²) in [6.45, 7) is 3.56. The van der Waals surface area contributed by atoms with Gasteiger partial charge in [0.15, 0.2) is 10.8 Å². The second kappa shape index (κ2) is 12.2. The molecule has 0 unspecified atom stereocenters. The highest BCUT2D eigenvalue weighted by Gasteiger charge is 2.36. The molecule has 42 heavy (non-hydrogen) atoms. The first-order valence-electron chi connectivity index (χ1n) is 13.5. The summed E-state index contributed by atoms with van der Waals surface area (Å²) in [5.74, 6) is -1.03. The van der Waals surface area contributed by atoms with Gasteiger partial charge in [0.05, 0.1) is 45.6 Å². The van der Waals surface area contributed by atoms with Crippen LogP contribution in [-0.2, 0) is 10.0 Å². The number of nitrogens with zero attached hydrogens (tertiary/aromatic N) is 3. The van der Waals surface area contributed by atoms with Gasteiger partial charge in [-0.15, -0.1) is 11.3 Å². The predicted octanol–water partition coefficient (Wildman–Crippen LogP) is 4.09. The Morgan fingerprint density at radius 3 is 2.57 bits per heavy atom. The molecule has 10 nitrogen and oxygen atoms in total. The maximum atomic E-state index is 13.7. The Morgan fingerprint density at radius 2 is 1.86 bits per heavy atom. The van der Waals surface area contributed by atoms with E-state index in [0.29, 0.717) is 5.52 Å². The number of hydrogen-bond donors (Lipinski definition) is 2. The zero-order chi connectivity index (χ0) is 30.0. The number of carbonyl (C=O) groups excluding carboxylic acids is 2. The first-order chi connectivity index (χ1) is 20.1. The van der Waals surface area contributed by atoms with Crippen molar-refractivity contribution in [3.05, 3.63) is 83.4 Å². The fourth-order valence-corrected chi connectivity index (χ4v) is 6.89. The van der Waals surface area contributed by atoms with Gasteiger partial charge in [-0.2, -0.15) is 4.31 Å². The van der Waals surface area contributed by atoms with Crippen LogP contribution >= 0.6 is 11.3 Å². The van der Waals surface area contributed by atoms with E-state index in [1.54, 1.807) is 48.2 Å². The second-order valence-corrected chi connectivity index (χ2v) is 13.4. The number of carbonyl (C=O) groups is 2. The molecule has 0 aliphatic carbocycles. The second-order valence-electron chi connectivity index (χ2n) is 10.3. The quantitative estimate of drug-likeness (QED) is 0.308. The van der Waals surface area contributed by atoms with Crippen LogP contribution in [-0.4, -0.2) is 78.4 Å². The van der Waals surface area contributed by atoms with Crippen molar-refractivity contribution in [2.24, 2.45) is 5.92 Å². The zero-order valence-corrected chi connectivity index (χ0v) is 25.1. The highest BCUT2D eigenvalue weighted by atomic mass is 32.2. The number of thiazole rings is 1. The van der Waals surface area contributed by atoms with E-state index >= 15 is 0 Å². The SMILES string of the molecule is C[C@H](CO)N1C[C@H](C)[C@H](CN(C)S(=O)(=O)c2ccccc2)Oc2c(NC(=O)c3nc4ccccc4s3)cccc2C1=O. The number of aliphatic hydroxyl groups excluding tert-OH is 1. The number of likely N-dealkylation sites (N-methyl/N-ethyl adjacent to an activating group) is 1. The predicted molar refractivity (Wildman–Crippen MR) is 161 cm³/mol. The number of benzene rings is 3. The molecule has 1 aliphatic heterocycles. The van der Waals surface area contributed by atoms with Gasteiger partial charge < -0.3 is 20.1 Å². The standard InChI is InChI=1S/C30H32N4O6S2/c1-19-16-34(20(2)18-35)30(37)22-12-9-14-24(31-28(36)29-32-23-13-7-8-15-26(23)41-29)27(22)40-25(19)17-33(3)42(38,39)21-10-5-4-6-11-21/h4-15,19-20,25,35H,16-18H2,1-3H3,(H,31,36)/t19-,20+,25-/m0/s1. The number of para-hydroxylation sites is 2. The zero-order valence-electron chi connectivity index (χ0n) is 23.4.